The van der Waals surface area contributed by atoms with Gasteiger partial charge in [0.2, 0.25) is 0 Å². The SMILES string of the molecule is COC(=O)c1ccc(NC(=O)/C(C#N)=C/c2ccc(-c3ccc(C(=O)O)cc3)o2)cc1. The number of ether oxygens (including phenoxy) is 1. The second-order valence-corrected chi connectivity index (χ2v) is 6.28. The maximum atomic E-state index is 12.4. The minimum absolute atomic E-state index is 0.151. The predicted octanol–water partition coefficient (Wildman–Crippen LogP) is 3.98. The molecule has 31 heavy (non-hydrogen) atoms. The third-order valence-electron chi connectivity index (χ3n) is 4.26. The molecule has 8 nitrogen and oxygen atoms in total. The summed E-state index contributed by atoms with van der Waals surface area (Å²) in [6.45, 7) is 0. The minimum Gasteiger partial charge on any atom is -0.478 e. The molecule has 0 radical (unpaired) electrons. The molecule has 1 aromatic heterocycles. The standard InChI is InChI=1S/C23H16N2O6/c1-30-23(29)16-6-8-18(9-7-16)25-21(26)17(13-24)12-19-10-11-20(31-19)14-2-4-15(5-3-14)22(27)28/h2-12H,1H3,(H,25,26)(H,27,28)/b17-12+. The zero-order valence-corrected chi connectivity index (χ0v) is 16.3. The first kappa shape index (κ1) is 21.1. The first-order valence-corrected chi connectivity index (χ1v) is 8.96. The molecule has 3 rings (SSSR count). The monoisotopic (exact) mass is 416 g/mol. The molecule has 1 heterocycles. The summed E-state index contributed by atoms with van der Waals surface area (Å²) < 4.78 is 10.3. The summed E-state index contributed by atoms with van der Waals surface area (Å²) in [6.07, 6.45) is 1.30. The zero-order chi connectivity index (χ0) is 22.4. The van der Waals surface area contributed by atoms with Gasteiger partial charge in [0.1, 0.15) is 23.2 Å². The zero-order valence-electron chi connectivity index (χ0n) is 16.3. The van der Waals surface area contributed by atoms with Crippen LogP contribution in [0, 0.1) is 11.3 Å². The van der Waals surface area contributed by atoms with E-state index in [1.165, 1.54) is 49.6 Å². The number of aromatic carboxylic acids is 1. The van der Waals surface area contributed by atoms with Crippen LogP contribution in [-0.4, -0.2) is 30.1 Å². The number of benzene rings is 2. The van der Waals surface area contributed by atoms with Crippen molar-refractivity contribution in [3.05, 3.63) is 83.1 Å². The largest absolute Gasteiger partial charge is 0.478 e. The van der Waals surface area contributed by atoms with Gasteiger partial charge in [-0.25, -0.2) is 9.59 Å². The number of amides is 1. The van der Waals surface area contributed by atoms with Crippen LogP contribution < -0.4 is 5.32 Å². The van der Waals surface area contributed by atoms with Gasteiger partial charge in [-0.3, -0.25) is 4.79 Å². The molecule has 1 amide bonds. The molecule has 0 aliphatic heterocycles. The Kier molecular flexibility index (Phi) is 6.28. The average molecular weight is 416 g/mol. The lowest BCUT2D eigenvalue weighted by Gasteiger charge is -2.05. The molecule has 0 aliphatic rings. The smallest absolute Gasteiger partial charge is 0.337 e. The maximum absolute atomic E-state index is 12.4. The van der Waals surface area contributed by atoms with E-state index in [1.807, 2.05) is 6.07 Å². The first-order chi connectivity index (χ1) is 14.9. The van der Waals surface area contributed by atoms with Gasteiger partial charge < -0.3 is 19.6 Å². The fourth-order valence-electron chi connectivity index (χ4n) is 2.66. The van der Waals surface area contributed by atoms with Gasteiger partial charge in [-0.2, -0.15) is 5.26 Å². The van der Waals surface area contributed by atoms with Gasteiger partial charge >= 0.3 is 11.9 Å². The number of furan rings is 1. The second kappa shape index (κ2) is 9.24. The number of carbonyl (C=O) groups is 3. The summed E-state index contributed by atoms with van der Waals surface area (Å²) in [5, 5.41) is 20.9. The van der Waals surface area contributed by atoms with E-state index in [1.54, 1.807) is 24.3 Å². The van der Waals surface area contributed by atoms with Crippen molar-refractivity contribution >= 4 is 29.6 Å². The number of esters is 1. The van der Waals surface area contributed by atoms with Crippen LogP contribution in [0.3, 0.4) is 0 Å². The summed E-state index contributed by atoms with van der Waals surface area (Å²) in [7, 11) is 1.27. The van der Waals surface area contributed by atoms with E-state index in [0.29, 0.717) is 22.6 Å². The molecule has 3 aromatic rings. The Labute approximate surface area is 177 Å². The number of carboxylic acids is 1. The van der Waals surface area contributed by atoms with Gasteiger partial charge in [0.15, 0.2) is 0 Å². The topological polar surface area (TPSA) is 130 Å². The number of carbonyl (C=O) groups excluding carboxylic acids is 2. The van der Waals surface area contributed by atoms with E-state index in [0.717, 1.165) is 0 Å². The fourth-order valence-corrected chi connectivity index (χ4v) is 2.66. The molecular weight excluding hydrogens is 400 g/mol. The molecule has 8 heteroatoms. The number of nitriles is 1. The highest BCUT2D eigenvalue weighted by Crippen LogP contribution is 2.24. The number of hydrogen-bond acceptors (Lipinski definition) is 6. The van der Waals surface area contributed by atoms with Gasteiger partial charge in [-0.15, -0.1) is 0 Å². The van der Waals surface area contributed by atoms with Crippen molar-refractivity contribution in [1.29, 1.82) is 5.26 Å². The predicted molar refractivity (Wildman–Crippen MR) is 111 cm³/mol. The number of anilines is 1. The molecule has 0 saturated carbocycles. The number of rotatable bonds is 6. The van der Waals surface area contributed by atoms with Crippen molar-refractivity contribution < 1.29 is 28.6 Å². The van der Waals surface area contributed by atoms with Crippen molar-refractivity contribution in [3.63, 3.8) is 0 Å². The molecule has 2 aromatic carbocycles. The third kappa shape index (κ3) is 5.05. The summed E-state index contributed by atoms with van der Waals surface area (Å²) in [5.74, 6) is -1.43. The van der Waals surface area contributed by atoms with Gasteiger partial charge in [0.25, 0.3) is 5.91 Å². The van der Waals surface area contributed by atoms with Crippen molar-refractivity contribution in [2.45, 2.75) is 0 Å². The quantitative estimate of drug-likeness (QED) is 0.353. The van der Waals surface area contributed by atoms with Crippen LogP contribution in [-0.2, 0) is 9.53 Å². The highest BCUT2D eigenvalue weighted by molar-refractivity contribution is 6.09. The molecule has 0 fully saturated rings. The van der Waals surface area contributed by atoms with E-state index >= 15 is 0 Å². The fraction of sp³-hybridized carbons (Fsp3) is 0.0435. The van der Waals surface area contributed by atoms with Crippen molar-refractivity contribution in [2.75, 3.05) is 12.4 Å². The number of nitrogens with zero attached hydrogens (tertiary/aromatic N) is 1. The maximum Gasteiger partial charge on any atom is 0.337 e. The van der Waals surface area contributed by atoms with Crippen molar-refractivity contribution in [2.24, 2.45) is 0 Å². The lowest BCUT2D eigenvalue weighted by molar-refractivity contribution is -0.112. The Bertz CT molecular complexity index is 1200. The van der Waals surface area contributed by atoms with Crippen LogP contribution in [0.1, 0.15) is 26.5 Å². The van der Waals surface area contributed by atoms with Crippen LogP contribution >= 0.6 is 0 Å². The van der Waals surface area contributed by atoms with Crippen LogP contribution in [0.5, 0.6) is 0 Å². The number of methoxy groups -OCH3 is 1. The average Bonchev–Trinajstić information content (AvgIpc) is 3.26. The summed E-state index contributed by atoms with van der Waals surface area (Å²) >= 11 is 0. The lowest BCUT2D eigenvalue weighted by atomic mass is 10.1. The Morgan fingerprint density at radius 1 is 1.00 bits per heavy atom. The van der Waals surface area contributed by atoms with Crippen LogP contribution in [0.25, 0.3) is 17.4 Å². The van der Waals surface area contributed by atoms with Gasteiger partial charge in [0.05, 0.1) is 18.2 Å². The molecule has 154 valence electrons. The highest BCUT2D eigenvalue weighted by Gasteiger charge is 2.13. The van der Waals surface area contributed by atoms with E-state index < -0.39 is 17.8 Å². The molecule has 0 atom stereocenters. The summed E-state index contributed by atoms with van der Waals surface area (Å²) in [6, 6.07) is 17.2. The Balaban J connectivity index is 1.74. The lowest BCUT2D eigenvalue weighted by Crippen LogP contribution is -2.13. The number of carboxylic acid groups (broad SMARTS) is 1. The van der Waals surface area contributed by atoms with E-state index in [2.05, 4.69) is 10.1 Å². The van der Waals surface area contributed by atoms with Crippen LogP contribution in [0.4, 0.5) is 5.69 Å². The Hall–Kier alpha value is -4.64. The highest BCUT2D eigenvalue weighted by atomic mass is 16.5. The molecule has 0 spiro atoms. The third-order valence-corrected chi connectivity index (χ3v) is 4.26. The Morgan fingerprint density at radius 3 is 2.23 bits per heavy atom. The van der Waals surface area contributed by atoms with Crippen molar-refractivity contribution in [3.8, 4) is 17.4 Å². The first-order valence-electron chi connectivity index (χ1n) is 8.96. The van der Waals surface area contributed by atoms with Gasteiger partial charge in [0, 0.05) is 17.3 Å². The number of nitrogens with one attached hydrogen (secondary N) is 1. The molecule has 0 saturated heterocycles. The van der Waals surface area contributed by atoms with Crippen LogP contribution in [0.2, 0.25) is 0 Å². The molecule has 2 N–H and O–H groups in total. The minimum atomic E-state index is -1.03. The van der Waals surface area contributed by atoms with Crippen molar-refractivity contribution in [1.82, 2.24) is 0 Å². The van der Waals surface area contributed by atoms with Gasteiger partial charge in [-0.05, 0) is 48.5 Å². The molecule has 0 unspecified atom stereocenters. The summed E-state index contributed by atoms with van der Waals surface area (Å²) in [5.41, 5.74) is 1.35. The normalized spacial score (nSPS) is 10.8. The van der Waals surface area contributed by atoms with Crippen LogP contribution in [0.15, 0.2) is 70.7 Å². The summed E-state index contributed by atoms with van der Waals surface area (Å²) in [4.78, 5) is 34.8. The van der Waals surface area contributed by atoms with Gasteiger partial charge in [-0.1, -0.05) is 12.1 Å². The number of hydrogen-bond donors (Lipinski definition) is 2. The molecule has 0 aliphatic carbocycles. The van der Waals surface area contributed by atoms with E-state index in [-0.39, 0.29) is 16.9 Å². The van der Waals surface area contributed by atoms with E-state index in [4.69, 9.17) is 9.52 Å². The Morgan fingerprint density at radius 2 is 1.65 bits per heavy atom. The molecular formula is C23H16N2O6. The van der Waals surface area contributed by atoms with E-state index in [9.17, 15) is 19.6 Å². The second-order valence-electron chi connectivity index (χ2n) is 6.28. The molecule has 0 bridgehead atoms.